The zero-order valence-corrected chi connectivity index (χ0v) is 13.3. The summed E-state index contributed by atoms with van der Waals surface area (Å²) in [4.78, 5) is 2.50. The van der Waals surface area contributed by atoms with Gasteiger partial charge in [-0.2, -0.15) is 5.10 Å². The lowest BCUT2D eigenvalue weighted by Crippen LogP contribution is -2.41. The van der Waals surface area contributed by atoms with Crippen LogP contribution in [0.3, 0.4) is 0 Å². The van der Waals surface area contributed by atoms with Crippen LogP contribution in [0.1, 0.15) is 53.3 Å². The summed E-state index contributed by atoms with van der Waals surface area (Å²) in [6.07, 6.45) is 2.05. The van der Waals surface area contributed by atoms with E-state index < -0.39 is 0 Å². The van der Waals surface area contributed by atoms with E-state index in [0.29, 0.717) is 18.1 Å². The van der Waals surface area contributed by atoms with Crippen molar-refractivity contribution in [2.75, 3.05) is 13.1 Å². The molecule has 0 aliphatic carbocycles. The van der Waals surface area contributed by atoms with Crippen LogP contribution in [0.5, 0.6) is 0 Å². The fraction of sp³-hybridized carbons (Fsp3) is 0.800. The highest BCUT2D eigenvalue weighted by molar-refractivity contribution is 4.99. The van der Waals surface area contributed by atoms with Gasteiger partial charge in [0.15, 0.2) is 0 Å². The molecule has 1 heterocycles. The van der Waals surface area contributed by atoms with Gasteiger partial charge in [-0.1, -0.05) is 0 Å². The summed E-state index contributed by atoms with van der Waals surface area (Å²) in [5.41, 5.74) is 1.12. The maximum Gasteiger partial charge on any atom is 0.0762 e. The van der Waals surface area contributed by atoms with Crippen molar-refractivity contribution in [3.63, 3.8) is 0 Å². The van der Waals surface area contributed by atoms with Gasteiger partial charge < -0.3 is 5.32 Å². The highest BCUT2D eigenvalue weighted by Crippen LogP contribution is 2.05. The van der Waals surface area contributed by atoms with Crippen molar-refractivity contribution in [3.8, 4) is 0 Å². The third-order valence-electron chi connectivity index (χ3n) is 3.37. The Labute approximate surface area is 118 Å². The second-order valence-electron chi connectivity index (χ2n) is 5.98. The SMILES string of the molecule is CC(C)N(CCNCc1ccn(C(C)C)n1)C(C)C. The number of hydrogen-bond acceptors (Lipinski definition) is 3. The van der Waals surface area contributed by atoms with E-state index in [2.05, 4.69) is 69.1 Å². The van der Waals surface area contributed by atoms with Crippen LogP contribution in [0.15, 0.2) is 12.3 Å². The van der Waals surface area contributed by atoms with Crippen molar-refractivity contribution in [2.45, 2.75) is 66.2 Å². The summed E-state index contributed by atoms with van der Waals surface area (Å²) < 4.78 is 2.01. The molecule has 1 N–H and O–H groups in total. The third-order valence-corrected chi connectivity index (χ3v) is 3.37. The molecule has 1 rings (SSSR count). The van der Waals surface area contributed by atoms with Crippen molar-refractivity contribution in [1.82, 2.24) is 20.0 Å². The summed E-state index contributed by atoms with van der Waals surface area (Å²) in [7, 11) is 0. The average molecular weight is 266 g/mol. The monoisotopic (exact) mass is 266 g/mol. The second kappa shape index (κ2) is 7.65. The zero-order chi connectivity index (χ0) is 14.4. The number of nitrogens with one attached hydrogen (secondary N) is 1. The Morgan fingerprint density at radius 3 is 2.26 bits per heavy atom. The van der Waals surface area contributed by atoms with Crippen LogP contribution in [0.4, 0.5) is 0 Å². The minimum Gasteiger partial charge on any atom is -0.310 e. The van der Waals surface area contributed by atoms with Gasteiger partial charge in [0.2, 0.25) is 0 Å². The lowest BCUT2D eigenvalue weighted by Gasteiger charge is -2.30. The average Bonchev–Trinajstić information content (AvgIpc) is 2.76. The number of nitrogens with zero attached hydrogens (tertiary/aromatic N) is 3. The summed E-state index contributed by atoms with van der Waals surface area (Å²) in [5, 5.41) is 8.01. The molecule has 0 spiro atoms. The van der Waals surface area contributed by atoms with Gasteiger partial charge in [0.1, 0.15) is 0 Å². The van der Waals surface area contributed by atoms with Gasteiger partial charge in [0.25, 0.3) is 0 Å². The van der Waals surface area contributed by atoms with Crippen LogP contribution in [-0.4, -0.2) is 39.9 Å². The quantitative estimate of drug-likeness (QED) is 0.734. The lowest BCUT2D eigenvalue weighted by molar-refractivity contribution is 0.175. The summed E-state index contributed by atoms with van der Waals surface area (Å²) in [5.74, 6) is 0. The van der Waals surface area contributed by atoms with E-state index in [-0.39, 0.29) is 0 Å². The molecule has 0 fully saturated rings. The molecular weight excluding hydrogens is 236 g/mol. The Balaban J connectivity index is 2.29. The molecule has 1 aromatic rings. The largest absolute Gasteiger partial charge is 0.310 e. The first-order valence-corrected chi connectivity index (χ1v) is 7.42. The minimum absolute atomic E-state index is 0.436. The van der Waals surface area contributed by atoms with Gasteiger partial charge in [-0.25, -0.2) is 0 Å². The van der Waals surface area contributed by atoms with Crippen molar-refractivity contribution < 1.29 is 0 Å². The van der Waals surface area contributed by atoms with E-state index >= 15 is 0 Å². The molecule has 0 aromatic carbocycles. The van der Waals surface area contributed by atoms with Crippen LogP contribution in [0, 0.1) is 0 Å². The molecule has 0 aliphatic rings. The van der Waals surface area contributed by atoms with Crippen molar-refractivity contribution >= 4 is 0 Å². The van der Waals surface area contributed by atoms with Crippen LogP contribution in [0.2, 0.25) is 0 Å². The molecule has 4 heteroatoms. The highest BCUT2D eigenvalue weighted by atomic mass is 15.3. The number of aromatic nitrogens is 2. The van der Waals surface area contributed by atoms with Gasteiger partial charge in [0, 0.05) is 44.0 Å². The molecule has 19 heavy (non-hydrogen) atoms. The summed E-state index contributed by atoms with van der Waals surface area (Å²) >= 11 is 0. The maximum atomic E-state index is 4.54. The highest BCUT2D eigenvalue weighted by Gasteiger charge is 2.12. The second-order valence-corrected chi connectivity index (χ2v) is 5.98. The summed E-state index contributed by atoms with van der Waals surface area (Å²) in [6.45, 7) is 16.2. The Morgan fingerprint density at radius 2 is 1.79 bits per heavy atom. The first-order chi connectivity index (χ1) is 8.91. The van der Waals surface area contributed by atoms with Crippen LogP contribution in [-0.2, 0) is 6.54 Å². The molecule has 4 nitrogen and oxygen atoms in total. The van der Waals surface area contributed by atoms with Crippen LogP contribution < -0.4 is 5.32 Å². The minimum atomic E-state index is 0.436. The Kier molecular flexibility index (Phi) is 6.52. The standard InChI is InChI=1S/C15H30N4/c1-12(2)18(13(3)4)10-8-16-11-15-7-9-19(17-15)14(5)6/h7,9,12-14,16H,8,10-11H2,1-6H3. The predicted molar refractivity (Wildman–Crippen MR) is 81.3 cm³/mol. The molecule has 0 unspecified atom stereocenters. The molecule has 0 amide bonds. The fourth-order valence-electron chi connectivity index (χ4n) is 2.30. The van der Waals surface area contributed by atoms with E-state index in [1.807, 2.05) is 4.68 Å². The van der Waals surface area contributed by atoms with Crippen molar-refractivity contribution in [2.24, 2.45) is 0 Å². The fourth-order valence-corrected chi connectivity index (χ4v) is 2.30. The zero-order valence-electron chi connectivity index (χ0n) is 13.3. The molecule has 0 aliphatic heterocycles. The third kappa shape index (κ3) is 5.33. The smallest absolute Gasteiger partial charge is 0.0762 e. The first kappa shape index (κ1) is 16.2. The van der Waals surface area contributed by atoms with Gasteiger partial charge in [-0.05, 0) is 47.6 Å². The van der Waals surface area contributed by atoms with Gasteiger partial charge in [-0.3, -0.25) is 9.58 Å². The van der Waals surface area contributed by atoms with Crippen molar-refractivity contribution in [1.29, 1.82) is 0 Å². The first-order valence-electron chi connectivity index (χ1n) is 7.42. The Hall–Kier alpha value is -0.870. The topological polar surface area (TPSA) is 33.1 Å². The Morgan fingerprint density at radius 1 is 1.16 bits per heavy atom. The van der Waals surface area contributed by atoms with Crippen LogP contribution in [0.25, 0.3) is 0 Å². The molecule has 0 saturated carbocycles. The number of hydrogen-bond donors (Lipinski definition) is 1. The van der Waals surface area contributed by atoms with Gasteiger partial charge in [-0.15, -0.1) is 0 Å². The van der Waals surface area contributed by atoms with Gasteiger partial charge in [0.05, 0.1) is 5.69 Å². The molecular formula is C15H30N4. The van der Waals surface area contributed by atoms with E-state index in [0.717, 1.165) is 25.3 Å². The molecule has 0 bridgehead atoms. The van der Waals surface area contributed by atoms with Gasteiger partial charge >= 0.3 is 0 Å². The molecule has 110 valence electrons. The van der Waals surface area contributed by atoms with E-state index in [9.17, 15) is 0 Å². The number of rotatable bonds is 8. The Bertz CT molecular complexity index is 347. The normalized spacial score (nSPS) is 12.3. The van der Waals surface area contributed by atoms with E-state index in [4.69, 9.17) is 0 Å². The predicted octanol–water partition coefficient (Wildman–Crippen LogP) is 2.67. The molecule has 1 aromatic heterocycles. The summed E-state index contributed by atoms with van der Waals surface area (Å²) in [6, 6.07) is 3.73. The molecule has 0 radical (unpaired) electrons. The van der Waals surface area contributed by atoms with E-state index in [1.54, 1.807) is 0 Å². The van der Waals surface area contributed by atoms with E-state index in [1.165, 1.54) is 0 Å². The van der Waals surface area contributed by atoms with Crippen LogP contribution >= 0.6 is 0 Å². The molecule has 0 atom stereocenters. The maximum absolute atomic E-state index is 4.54. The molecule has 0 saturated heterocycles. The van der Waals surface area contributed by atoms with Crippen molar-refractivity contribution in [3.05, 3.63) is 18.0 Å². The lowest BCUT2D eigenvalue weighted by atomic mass is 10.2.